The van der Waals surface area contributed by atoms with Crippen molar-refractivity contribution in [2.24, 2.45) is 0 Å². The second-order valence-electron chi connectivity index (χ2n) is 1.97. The lowest BCUT2D eigenvalue weighted by molar-refractivity contribution is -0.00845. The SMILES string of the molecule is CCOC(CO)COS(=O)(=O)O. The van der Waals surface area contributed by atoms with Crippen LogP contribution in [0.3, 0.4) is 0 Å². The van der Waals surface area contributed by atoms with E-state index in [1.807, 2.05) is 0 Å². The van der Waals surface area contributed by atoms with Crippen molar-refractivity contribution in [3.8, 4) is 0 Å². The largest absolute Gasteiger partial charge is 0.397 e. The first kappa shape index (κ1) is 11.8. The number of ether oxygens (including phenoxy) is 1. The molecule has 0 saturated carbocycles. The first-order chi connectivity index (χ1) is 5.49. The first-order valence-electron chi connectivity index (χ1n) is 3.34. The van der Waals surface area contributed by atoms with Gasteiger partial charge in [0, 0.05) is 6.61 Å². The molecule has 0 aliphatic carbocycles. The molecule has 0 heterocycles. The molecule has 0 bridgehead atoms. The van der Waals surface area contributed by atoms with Crippen molar-refractivity contribution in [1.82, 2.24) is 0 Å². The first-order valence-corrected chi connectivity index (χ1v) is 4.70. The molecule has 7 heteroatoms. The van der Waals surface area contributed by atoms with Gasteiger partial charge < -0.3 is 9.84 Å². The Labute approximate surface area is 71.1 Å². The zero-order valence-corrected chi connectivity index (χ0v) is 7.45. The lowest BCUT2D eigenvalue weighted by atomic mass is 10.4. The Morgan fingerprint density at radius 1 is 1.50 bits per heavy atom. The Kier molecular flexibility index (Phi) is 5.34. The number of rotatable bonds is 6. The zero-order chi connectivity index (χ0) is 9.61. The maximum Gasteiger partial charge on any atom is 0.397 e. The minimum atomic E-state index is -4.44. The van der Waals surface area contributed by atoms with E-state index in [4.69, 9.17) is 14.4 Å². The van der Waals surface area contributed by atoms with Gasteiger partial charge in [-0.15, -0.1) is 0 Å². The van der Waals surface area contributed by atoms with Gasteiger partial charge in [-0.05, 0) is 6.92 Å². The molecule has 0 rings (SSSR count). The molecule has 74 valence electrons. The molecule has 0 fully saturated rings. The molecular weight excluding hydrogens is 188 g/mol. The minimum Gasteiger partial charge on any atom is -0.394 e. The molecule has 0 aromatic heterocycles. The Bertz CT molecular complexity index is 198. The van der Waals surface area contributed by atoms with E-state index in [0.29, 0.717) is 6.61 Å². The van der Waals surface area contributed by atoms with Crippen LogP contribution in [0.4, 0.5) is 0 Å². The monoisotopic (exact) mass is 200 g/mol. The van der Waals surface area contributed by atoms with Crippen LogP contribution < -0.4 is 0 Å². The maximum absolute atomic E-state index is 10.1. The summed E-state index contributed by atoms with van der Waals surface area (Å²) < 4.78 is 37.1. The van der Waals surface area contributed by atoms with Crippen molar-refractivity contribution in [2.45, 2.75) is 13.0 Å². The molecule has 0 aliphatic heterocycles. The van der Waals surface area contributed by atoms with Gasteiger partial charge in [0.25, 0.3) is 0 Å². The molecule has 0 aromatic carbocycles. The highest BCUT2D eigenvalue weighted by molar-refractivity contribution is 7.80. The van der Waals surface area contributed by atoms with Crippen LogP contribution in [0.25, 0.3) is 0 Å². The van der Waals surface area contributed by atoms with Gasteiger partial charge in [-0.3, -0.25) is 4.55 Å². The third-order valence-corrected chi connectivity index (χ3v) is 1.44. The van der Waals surface area contributed by atoms with E-state index in [-0.39, 0.29) is 13.2 Å². The Balaban J connectivity index is 3.73. The predicted molar refractivity (Wildman–Crippen MR) is 40.0 cm³/mol. The molecule has 0 spiro atoms. The van der Waals surface area contributed by atoms with Crippen LogP contribution in [0.5, 0.6) is 0 Å². The van der Waals surface area contributed by atoms with Gasteiger partial charge >= 0.3 is 10.4 Å². The zero-order valence-electron chi connectivity index (χ0n) is 6.63. The van der Waals surface area contributed by atoms with Gasteiger partial charge in [-0.25, -0.2) is 4.18 Å². The lowest BCUT2D eigenvalue weighted by Gasteiger charge is -2.12. The van der Waals surface area contributed by atoms with Crippen LogP contribution in [-0.4, -0.2) is 44.0 Å². The van der Waals surface area contributed by atoms with Crippen LogP contribution in [0.15, 0.2) is 0 Å². The van der Waals surface area contributed by atoms with Gasteiger partial charge in [-0.2, -0.15) is 8.42 Å². The van der Waals surface area contributed by atoms with E-state index in [9.17, 15) is 8.42 Å². The van der Waals surface area contributed by atoms with Crippen LogP contribution in [0.2, 0.25) is 0 Å². The smallest absolute Gasteiger partial charge is 0.394 e. The number of aliphatic hydroxyl groups excluding tert-OH is 1. The van der Waals surface area contributed by atoms with E-state index in [0.717, 1.165) is 0 Å². The van der Waals surface area contributed by atoms with Crippen LogP contribution in [-0.2, 0) is 19.3 Å². The fourth-order valence-electron chi connectivity index (χ4n) is 0.551. The summed E-state index contributed by atoms with van der Waals surface area (Å²) in [6.07, 6.45) is -0.725. The molecule has 6 nitrogen and oxygen atoms in total. The maximum atomic E-state index is 10.1. The highest BCUT2D eigenvalue weighted by Crippen LogP contribution is 1.95. The molecule has 0 aliphatic rings. The Morgan fingerprint density at radius 2 is 2.08 bits per heavy atom. The topological polar surface area (TPSA) is 93.1 Å². The molecule has 0 aromatic rings. The average molecular weight is 200 g/mol. The molecular formula is C5H12O6S. The fraction of sp³-hybridized carbons (Fsp3) is 1.00. The van der Waals surface area contributed by atoms with Crippen molar-refractivity contribution >= 4 is 10.4 Å². The highest BCUT2D eigenvalue weighted by Gasteiger charge is 2.12. The van der Waals surface area contributed by atoms with Crippen molar-refractivity contribution in [3.05, 3.63) is 0 Å². The average Bonchev–Trinajstić information content (AvgIpc) is 1.96. The van der Waals surface area contributed by atoms with Gasteiger partial charge in [0.2, 0.25) is 0 Å². The standard InChI is InChI=1S/C5H12O6S/c1-2-10-5(3-6)4-11-12(7,8)9/h5-6H,2-4H2,1H3,(H,7,8,9). The molecule has 1 unspecified atom stereocenters. The fourth-order valence-corrected chi connectivity index (χ4v) is 0.875. The highest BCUT2D eigenvalue weighted by atomic mass is 32.3. The van der Waals surface area contributed by atoms with Crippen LogP contribution >= 0.6 is 0 Å². The molecule has 12 heavy (non-hydrogen) atoms. The molecule has 0 radical (unpaired) electrons. The van der Waals surface area contributed by atoms with Crippen LogP contribution in [0.1, 0.15) is 6.92 Å². The number of aliphatic hydroxyl groups is 1. The summed E-state index contributed by atoms with van der Waals surface area (Å²) in [7, 11) is -4.44. The Hall–Kier alpha value is -0.210. The minimum absolute atomic E-state index is 0.333. The van der Waals surface area contributed by atoms with E-state index in [2.05, 4.69) is 4.18 Å². The summed E-state index contributed by atoms with van der Waals surface area (Å²) in [6.45, 7) is 1.28. The summed E-state index contributed by atoms with van der Waals surface area (Å²) in [4.78, 5) is 0. The van der Waals surface area contributed by atoms with E-state index >= 15 is 0 Å². The summed E-state index contributed by atoms with van der Waals surface area (Å²) in [5.74, 6) is 0. The van der Waals surface area contributed by atoms with Crippen molar-refractivity contribution < 1.29 is 27.0 Å². The summed E-state index contributed by atoms with van der Waals surface area (Å²) in [5.41, 5.74) is 0. The third kappa shape index (κ3) is 6.50. The van der Waals surface area contributed by atoms with Crippen LogP contribution in [0, 0.1) is 0 Å². The van der Waals surface area contributed by atoms with Crippen molar-refractivity contribution in [1.29, 1.82) is 0 Å². The molecule has 0 saturated heterocycles. The number of hydrogen-bond donors (Lipinski definition) is 2. The quantitative estimate of drug-likeness (QED) is 0.545. The van der Waals surface area contributed by atoms with Gasteiger partial charge in [0.05, 0.1) is 13.2 Å². The summed E-state index contributed by atoms with van der Waals surface area (Å²) >= 11 is 0. The Morgan fingerprint density at radius 3 is 2.42 bits per heavy atom. The summed E-state index contributed by atoms with van der Waals surface area (Å²) in [5, 5.41) is 8.57. The third-order valence-electron chi connectivity index (χ3n) is 1.01. The van der Waals surface area contributed by atoms with E-state index in [1.54, 1.807) is 6.92 Å². The van der Waals surface area contributed by atoms with E-state index in [1.165, 1.54) is 0 Å². The molecule has 2 N–H and O–H groups in total. The van der Waals surface area contributed by atoms with Gasteiger partial charge in [0.15, 0.2) is 0 Å². The van der Waals surface area contributed by atoms with Gasteiger partial charge in [0.1, 0.15) is 6.10 Å². The second-order valence-corrected chi connectivity index (χ2v) is 3.06. The summed E-state index contributed by atoms with van der Waals surface area (Å²) in [6, 6.07) is 0. The molecule has 0 amide bonds. The van der Waals surface area contributed by atoms with Crippen molar-refractivity contribution in [2.75, 3.05) is 19.8 Å². The second kappa shape index (κ2) is 5.44. The number of hydrogen-bond acceptors (Lipinski definition) is 5. The normalized spacial score (nSPS) is 14.6. The van der Waals surface area contributed by atoms with E-state index < -0.39 is 16.5 Å². The predicted octanol–water partition coefficient (Wildman–Crippen LogP) is -0.797. The lowest BCUT2D eigenvalue weighted by Crippen LogP contribution is -2.25. The van der Waals surface area contributed by atoms with Gasteiger partial charge in [-0.1, -0.05) is 0 Å². The molecule has 1 atom stereocenters. The van der Waals surface area contributed by atoms with Crippen molar-refractivity contribution in [3.63, 3.8) is 0 Å².